The van der Waals surface area contributed by atoms with E-state index in [1.54, 1.807) is 0 Å². The maximum atomic E-state index is 10.9. The van der Waals surface area contributed by atoms with Gasteiger partial charge in [0.15, 0.2) is 0 Å². The van der Waals surface area contributed by atoms with Gasteiger partial charge < -0.3 is 10.2 Å². The Hall–Kier alpha value is -1.71. The van der Waals surface area contributed by atoms with Crippen molar-refractivity contribution in [1.29, 1.82) is 0 Å². The zero-order valence-corrected chi connectivity index (χ0v) is 10.5. The maximum absolute atomic E-state index is 10.9. The first kappa shape index (κ1) is 12.7. The molecule has 0 heterocycles. The van der Waals surface area contributed by atoms with E-state index in [9.17, 15) is 9.90 Å². The van der Waals surface area contributed by atoms with E-state index in [0.717, 1.165) is 0 Å². The van der Waals surface area contributed by atoms with Crippen molar-refractivity contribution >= 4 is 29.2 Å². The normalized spacial score (nSPS) is 10.3. The highest BCUT2D eigenvalue weighted by Gasteiger charge is 2.12. The van der Waals surface area contributed by atoms with Gasteiger partial charge in [0.25, 0.3) is 0 Å². The molecule has 2 N–H and O–H groups in total. The van der Waals surface area contributed by atoms with E-state index in [4.69, 9.17) is 28.3 Å². The van der Waals surface area contributed by atoms with Crippen LogP contribution in [0, 0.1) is 0 Å². The lowest BCUT2D eigenvalue weighted by Crippen LogP contribution is -1.96. The first-order chi connectivity index (χ1) is 8.49. The van der Waals surface area contributed by atoms with Gasteiger partial charge in [-0.25, -0.2) is 4.79 Å². The van der Waals surface area contributed by atoms with Crippen molar-refractivity contribution in [3.63, 3.8) is 0 Å². The first-order valence-corrected chi connectivity index (χ1v) is 5.76. The predicted octanol–water partition coefficient (Wildman–Crippen LogP) is 4.06. The van der Waals surface area contributed by atoms with Crippen LogP contribution in [0.3, 0.4) is 0 Å². The number of carbonyl (C=O) groups is 1. The third-order valence-corrected chi connectivity index (χ3v) is 3.11. The van der Waals surface area contributed by atoms with Crippen LogP contribution >= 0.6 is 23.2 Å². The van der Waals surface area contributed by atoms with Crippen LogP contribution in [0.15, 0.2) is 36.4 Å². The minimum absolute atomic E-state index is 0.0335. The molecule has 0 fully saturated rings. The molecule has 0 aliphatic carbocycles. The van der Waals surface area contributed by atoms with E-state index >= 15 is 0 Å². The van der Waals surface area contributed by atoms with Gasteiger partial charge in [0.1, 0.15) is 5.75 Å². The third-order valence-electron chi connectivity index (χ3n) is 2.45. The molecule has 0 aliphatic rings. The van der Waals surface area contributed by atoms with Crippen molar-refractivity contribution in [2.24, 2.45) is 0 Å². The van der Waals surface area contributed by atoms with Crippen LogP contribution in [0.25, 0.3) is 11.1 Å². The van der Waals surface area contributed by atoms with Gasteiger partial charge in [-0.1, -0.05) is 23.2 Å². The molecule has 0 saturated carbocycles. The van der Waals surface area contributed by atoms with Gasteiger partial charge in [-0.05, 0) is 36.4 Å². The fourth-order valence-electron chi connectivity index (χ4n) is 1.58. The summed E-state index contributed by atoms with van der Waals surface area (Å²) in [5, 5.41) is 19.2. The molecular weight excluding hydrogens is 275 g/mol. The number of halogens is 2. The van der Waals surface area contributed by atoms with Crippen molar-refractivity contribution < 1.29 is 15.0 Å². The zero-order chi connectivity index (χ0) is 13.3. The molecule has 0 aliphatic heterocycles. The summed E-state index contributed by atoms with van der Waals surface area (Å²) in [4.78, 5) is 10.9. The Morgan fingerprint density at radius 3 is 2.11 bits per heavy atom. The summed E-state index contributed by atoms with van der Waals surface area (Å²) >= 11 is 12.0. The molecular formula is C13H8Cl2O3. The Morgan fingerprint density at radius 1 is 0.944 bits per heavy atom. The highest BCUT2D eigenvalue weighted by atomic mass is 35.5. The number of carboxylic acids is 1. The lowest BCUT2D eigenvalue weighted by molar-refractivity contribution is 0.0697. The monoisotopic (exact) mass is 282 g/mol. The van der Waals surface area contributed by atoms with Gasteiger partial charge in [0.2, 0.25) is 0 Å². The number of benzene rings is 2. The second-order valence-electron chi connectivity index (χ2n) is 3.66. The standard InChI is InChI=1S/C13H8Cl2O3/c14-11-3-1-7(13(17)18)5-9(11)10-6-8(16)2-4-12(10)15/h1-6,16H,(H,17,18). The Bertz CT molecular complexity index is 624. The summed E-state index contributed by atoms with van der Waals surface area (Å²) in [6.07, 6.45) is 0. The summed E-state index contributed by atoms with van der Waals surface area (Å²) in [7, 11) is 0. The molecule has 0 spiro atoms. The smallest absolute Gasteiger partial charge is 0.335 e. The number of carboxylic acid groups (broad SMARTS) is 1. The van der Waals surface area contributed by atoms with Gasteiger partial charge in [-0.3, -0.25) is 0 Å². The second kappa shape index (κ2) is 4.88. The van der Waals surface area contributed by atoms with Gasteiger partial charge >= 0.3 is 5.97 Å². The average Bonchev–Trinajstić information content (AvgIpc) is 2.33. The van der Waals surface area contributed by atoms with Crippen molar-refractivity contribution in [2.45, 2.75) is 0 Å². The van der Waals surface area contributed by atoms with Gasteiger partial charge in [-0.2, -0.15) is 0 Å². The molecule has 0 saturated heterocycles. The molecule has 2 aromatic rings. The highest BCUT2D eigenvalue weighted by molar-refractivity contribution is 6.36. The molecule has 2 aromatic carbocycles. The van der Waals surface area contributed by atoms with E-state index in [0.29, 0.717) is 21.2 Å². The molecule has 18 heavy (non-hydrogen) atoms. The summed E-state index contributed by atoms with van der Waals surface area (Å²) in [6.45, 7) is 0. The average molecular weight is 283 g/mol. The molecule has 0 unspecified atom stereocenters. The minimum Gasteiger partial charge on any atom is -0.508 e. The lowest BCUT2D eigenvalue weighted by atomic mass is 10.0. The molecule has 5 heteroatoms. The van der Waals surface area contributed by atoms with E-state index in [1.807, 2.05) is 0 Å². The summed E-state index contributed by atoms with van der Waals surface area (Å²) in [5.41, 5.74) is 1.07. The molecule has 2 rings (SSSR count). The first-order valence-electron chi connectivity index (χ1n) is 5.01. The van der Waals surface area contributed by atoms with Crippen molar-refractivity contribution in [3.05, 3.63) is 52.0 Å². The van der Waals surface area contributed by atoms with Crippen LogP contribution in [-0.4, -0.2) is 16.2 Å². The number of rotatable bonds is 2. The Kier molecular flexibility index (Phi) is 3.45. The molecule has 0 amide bonds. The fourth-order valence-corrected chi connectivity index (χ4v) is 2.02. The van der Waals surface area contributed by atoms with E-state index in [1.165, 1.54) is 36.4 Å². The Labute approximate surface area is 113 Å². The Balaban J connectivity index is 2.66. The maximum Gasteiger partial charge on any atom is 0.335 e. The van der Waals surface area contributed by atoms with Crippen LogP contribution < -0.4 is 0 Å². The molecule has 0 atom stereocenters. The molecule has 0 aromatic heterocycles. The third kappa shape index (κ3) is 2.42. The number of phenolic OH excluding ortho intramolecular Hbond substituents is 1. The van der Waals surface area contributed by atoms with E-state index in [-0.39, 0.29) is 11.3 Å². The fraction of sp³-hybridized carbons (Fsp3) is 0. The quantitative estimate of drug-likeness (QED) is 0.873. The summed E-state index contributed by atoms with van der Waals surface area (Å²) in [6, 6.07) is 8.73. The topological polar surface area (TPSA) is 57.5 Å². The number of hydrogen-bond donors (Lipinski definition) is 2. The lowest BCUT2D eigenvalue weighted by Gasteiger charge is -2.08. The van der Waals surface area contributed by atoms with Gasteiger partial charge in [0.05, 0.1) is 5.56 Å². The largest absolute Gasteiger partial charge is 0.508 e. The van der Waals surface area contributed by atoms with Gasteiger partial charge in [0, 0.05) is 21.2 Å². The molecule has 0 radical (unpaired) electrons. The zero-order valence-electron chi connectivity index (χ0n) is 9.02. The van der Waals surface area contributed by atoms with Crippen molar-refractivity contribution in [2.75, 3.05) is 0 Å². The van der Waals surface area contributed by atoms with Crippen LogP contribution in [0.2, 0.25) is 10.0 Å². The summed E-state index contributed by atoms with van der Waals surface area (Å²) < 4.78 is 0. The van der Waals surface area contributed by atoms with Crippen molar-refractivity contribution in [3.8, 4) is 16.9 Å². The molecule has 0 bridgehead atoms. The van der Waals surface area contributed by atoms with E-state index in [2.05, 4.69) is 0 Å². The number of aromatic hydroxyl groups is 1. The van der Waals surface area contributed by atoms with Crippen LogP contribution in [0.4, 0.5) is 0 Å². The number of hydrogen-bond acceptors (Lipinski definition) is 2. The highest BCUT2D eigenvalue weighted by Crippen LogP contribution is 2.35. The van der Waals surface area contributed by atoms with Crippen molar-refractivity contribution in [1.82, 2.24) is 0 Å². The molecule has 92 valence electrons. The predicted molar refractivity (Wildman–Crippen MR) is 70.5 cm³/mol. The number of phenols is 1. The van der Waals surface area contributed by atoms with E-state index < -0.39 is 5.97 Å². The number of aromatic carboxylic acids is 1. The van der Waals surface area contributed by atoms with Crippen LogP contribution in [-0.2, 0) is 0 Å². The molecule has 3 nitrogen and oxygen atoms in total. The second-order valence-corrected chi connectivity index (χ2v) is 4.48. The van der Waals surface area contributed by atoms with Gasteiger partial charge in [-0.15, -0.1) is 0 Å². The minimum atomic E-state index is -1.05. The van der Waals surface area contributed by atoms with Crippen LogP contribution in [0.1, 0.15) is 10.4 Å². The SMILES string of the molecule is O=C(O)c1ccc(Cl)c(-c2cc(O)ccc2Cl)c1. The summed E-state index contributed by atoms with van der Waals surface area (Å²) in [5.74, 6) is -1.02. The Morgan fingerprint density at radius 2 is 1.50 bits per heavy atom. The van der Waals surface area contributed by atoms with Crippen LogP contribution in [0.5, 0.6) is 5.75 Å².